The van der Waals surface area contributed by atoms with Crippen molar-refractivity contribution in [2.75, 3.05) is 0 Å². The molecule has 4 heteroatoms. The lowest BCUT2D eigenvalue weighted by molar-refractivity contribution is -0.0546. The number of hydrogen-bond acceptors (Lipinski definition) is 4. The zero-order valence-corrected chi connectivity index (χ0v) is 11.1. The minimum Gasteiger partial charge on any atom is -0.390 e. The average molecular weight is 233 g/mol. The van der Waals surface area contributed by atoms with Crippen LogP contribution in [0.25, 0.3) is 0 Å². The molecule has 0 radical (unpaired) electrons. The Kier molecular flexibility index (Phi) is 7.22. The summed E-state index contributed by atoms with van der Waals surface area (Å²) in [6, 6.07) is 0. The minimum atomic E-state index is -0.427. The van der Waals surface area contributed by atoms with Crippen LogP contribution < -0.4 is 0 Å². The molecule has 0 aromatic heterocycles. The molecule has 15 heavy (non-hydrogen) atoms. The Labute approximate surface area is 97.1 Å². The number of nitrogens with one attached hydrogen (secondary N) is 1. The third kappa shape index (κ3) is 6.17. The van der Waals surface area contributed by atoms with E-state index in [1.807, 2.05) is 20.8 Å². The van der Waals surface area contributed by atoms with Crippen molar-refractivity contribution in [3.05, 3.63) is 0 Å². The van der Waals surface area contributed by atoms with Crippen LogP contribution in [0, 0.1) is 11.3 Å². The van der Waals surface area contributed by atoms with E-state index in [9.17, 15) is 5.11 Å². The van der Waals surface area contributed by atoms with E-state index < -0.39 is 6.10 Å². The lowest BCUT2D eigenvalue weighted by atomic mass is 9.98. The highest BCUT2D eigenvalue weighted by molar-refractivity contribution is 8.14. The molecule has 0 aliphatic heterocycles. The molecular formula is C11H23NO2S. The second-order valence-corrected chi connectivity index (χ2v) is 5.47. The Morgan fingerprint density at radius 2 is 1.93 bits per heavy atom. The van der Waals surface area contributed by atoms with Crippen molar-refractivity contribution in [3.8, 4) is 0 Å². The zero-order chi connectivity index (χ0) is 12.0. The van der Waals surface area contributed by atoms with Crippen molar-refractivity contribution < 1.29 is 9.84 Å². The molecule has 0 fully saturated rings. The smallest absolute Gasteiger partial charge is 0.106 e. The second-order valence-electron chi connectivity index (χ2n) is 3.96. The highest BCUT2D eigenvalue weighted by atomic mass is 32.2. The summed E-state index contributed by atoms with van der Waals surface area (Å²) in [5.74, 6) is 0.248. The van der Waals surface area contributed by atoms with Crippen molar-refractivity contribution in [2.24, 2.45) is 5.92 Å². The molecule has 3 nitrogen and oxygen atoms in total. The summed E-state index contributed by atoms with van der Waals surface area (Å²) in [6.45, 7) is 9.60. The highest BCUT2D eigenvalue weighted by Gasteiger charge is 2.22. The molecule has 4 unspecified atom stereocenters. The van der Waals surface area contributed by atoms with Gasteiger partial charge in [-0.1, -0.05) is 32.0 Å². The predicted molar refractivity (Wildman–Crippen MR) is 66.5 cm³/mol. The van der Waals surface area contributed by atoms with Crippen molar-refractivity contribution in [1.82, 2.24) is 0 Å². The van der Waals surface area contributed by atoms with Gasteiger partial charge in [-0.3, -0.25) is 5.41 Å². The second kappa shape index (κ2) is 7.25. The van der Waals surface area contributed by atoms with Gasteiger partial charge in [-0.15, -0.1) is 0 Å². The van der Waals surface area contributed by atoms with Crippen molar-refractivity contribution >= 4 is 16.8 Å². The summed E-state index contributed by atoms with van der Waals surface area (Å²) in [7, 11) is 0. The third-order valence-electron chi connectivity index (χ3n) is 2.46. The van der Waals surface area contributed by atoms with Crippen LogP contribution >= 0.6 is 11.8 Å². The average Bonchev–Trinajstić information content (AvgIpc) is 2.13. The van der Waals surface area contributed by atoms with Gasteiger partial charge in [0.1, 0.15) is 5.44 Å². The standard InChI is InChI=1S/C11H23NO2S/c1-6-7(2)11(13)8(3)14-10(5)15-9(4)12/h7-8,10-13H,6H2,1-5H3. The molecule has 0 aromatic carbocycles. The molecular weight excluding hydrogens is 210 g/mol. The predicted octanol–water partition coefficient (Wildman–Crippen LogP) is 2.87. The number of ether oxygens (including phenoxy) is 1. The maximum absolute atomic E-state index is 9.88. The Balaban J connectivity index is 4.00. The SMILES string of the molecule is CCC(C)C(O)C(C)OC(C)SC(C)=N. The van der Waals surface area contributed by atoms with E-state index in [1.165, 1.54) is 11.8 Å². The number of hydrogen-bond donors (Lipinski definition) is 2. The molecule has 0 saturated heterocycles. The van der Waals surface area contributed by atoms with Crippen LogP contribution in [-0.2, 0) is 4.74 Å². The lowest BCUT2D eigenvalue weighted by Crippen LogP contribution is -2.33. The Morgan fingerprint density at radius 3 is 2.33 bits per heavy atom. The first-order valence-corrected chi connectivity index (χ1v) is 6.31. The molecule has 0 heterocycles. The Hall–Kier alpha value is -0.0600. The Bertz CT molecular complexity index is 199. The van der Waals surface area contributed by atoms with Gasteiger partial charge < -0.3 is 9.84 Å². The molecule has 0 aliphatic carbocycles. The van der Waals surface area contributed by atoms with Crippen molar-refractivity contribution in [2.45, 2.75) is 58.7 Å². The molecule has 90 valence electrons. The lowest BCUT2D eigenvalue weighted by Gasteiger charge is -2.26. The summed E-state index contributed by atoms with van der Waals surface area (Å²) < 4.78 is 5.62. The normalized spacial score (nSPS) is 19.3. The molecule has 2 N–H and O–H groups in total. The molecule has 0 rings (SSSR count). The molecule has 0 bridgehead atoms. The number of aliphatic hydroxyl groups excluding tert-OH is 1. The zero-order valence-electron chi connectivity index (χ0n) is 10.3. The van der Waals surface area contributed by atoms with E-state index in [0.29, 0.717) is 5.04 Å². The van der Waals surface area contributed by atoms with Gasteiger partial charge in [-0.2, -0.15) is 0 Å². The van der Waals surface area contributed by atoms with E-state index >= 15 is 0 Å². The van der Waals surface area contributed by atoms with Crippen LogP contribution in [0.4, 0.5) is 0 Å². The molecule has 0 aromatic rings. The van der Waals surface area contributed by atoms with Gasteiger partial charge in [-0.05, 0) is 26.7 Å². The van der Waals surface area contributed by atoms with Crippen molar-refractivity contribution in [1.29, 1.82) is 5.41 Å². The molecule has 0 aliphatic rings. The Morgan fingerprint density at radius 1 is 1.40 bits per heavy atom. The fourth-order valence-corrected chi connectivity index (χ4v) is 2.09. The van der Waals surface area contributed by atoms with E-state index in [-0.39, 0.29) is 17.5 Å². The summed E-state index contributed by atoms with van der Waals surface area (Å²) >= 11 is 1.37. The van der Waals surface area contributed by atoms with Gasteiger partial charge >= 0.3 is 0 Å². The van der Waals surface area contributed by atoms with Gasteiger partial charge in [0.25, 0.3) is 0 Å². The van der Waals surface area contributed by atoms with Crippen LogP contribution in [0.1, 0.15) is 41.0 Å². The fourth-order valence-electron chi connectivity index (χ4n) is 1.36. The molecule has 0 spiro atoms. The topological polar surface area (TPSA) is 53.3 Å². The first-order valence-electron chi connectivity index (χ1n) is 5.43. The number of aliphatic hydroxyl groups is 1. The molecule has 0 amide bonds. The summed E-state index contributed by atoms with van der Waals surface area (Å²) in [5, 5.41) is 17.7. The monoisotopic (exact) mass is 233 g/mol. The first kappa shape index (κ1) is 14.9. The quantitative estimate of drug-likeness (QED) is 0.421. The van der Waals surface area contributed by atoms with E-state index in [1.54, 1.807) is 6.92 Å². The fraction of sp³-hybridized carbons (Fsp3) is 0.909. The van der Waals surface area contributed by atoms with E-state index in [4.69, 9.17) is 10.1 Å². The molecule has 4 atom stereocenters. The van der Waals surface area contributed by atoms with Gasteiger partial charge in [0.15, 0.2) is 0 Å². The molecule has 0 saturated carbocycles. The summed E-state index contributed by atoms with van der Waals surface area (Å²) in [4.78, 5) is 0. The van der Waals surface area contributed by atoms with Crippen LogP contribution in [-0.4, -0.2) is 27.8 Å². The minimum absolute atomic E-state index is 0.0730. The van der Waals surface area contributed by atoms with E-state index in [0.717, 1.165) is 6.42 Å². The van der Waals surface area contributed by atoms with Gasteiger partial charge in [0.2, 0.25) is 0 Å². The van der Waals surface area contributed by atoms with Crippen LogP contribution in [0.2, 0.25) is 0 Å². The third-order valence-corrected chi connectivity index (χ3v) is 3.25. The summed E-state index contributed by atoms with van der Waals surface area (Å²) in [6.07, 6.45) is 0.339. The van der Waals surface area contributed by atoms with Crippen molar-refractivity contribution in [3.63, 3.8) is 0 Å². The highest BCUT2D eigenvalue weighted by Crippen LogP contribution is 2.19. The largest absolute Gasteiger partial charge is 0.390 e. The maximum atomic E-state index is 9.88. The summed E-state index contributed by atoms with van der Waals surface area (Å²) in [5.41, 5.74) is -0.0730. The van der Waals surface area contributed by atoms with Crippen LogP contribution in [0.3, 0.4) is 0 Å². The van der Waals surface area contributed by atoms with Crippen LogP contribution in [0.5, 0.6) is 0 Å². The van der Waals surface area contributed by atoms with Gasteiger partial charge in [-0.25, -0.2) is 0 Å². The number of rotatable bonds is 6. The first-order chi connectivity index (χ1) is 6.88. The number of thioether (sulfide) groups is 1. The maximum Gasteiger partial charge on any atom is 0.106 e. The van der Waals surface area contributed by atoms with Gasteiger partial charge in [0.05, 0.1) is 17.3 Å². The van der Waals surface area contributed by atoms with Gasteiger partial charge in [0, 0.05) is 0 Å². The van der Waals surface area contributed by atoms with Crippen LogP contribution in [0.15, 0.2) is 0 Å². The van der Waals surface area contributed by atoms with E-state index in [2.05, 4.69) is 6.92 Å².